The lowest BCUT2D eigenvalue weighted by atomic mass is 10.2. The maximum Gasteiger partial charge on any atom is 0.191 e. The second-order valence-electron chi connectivity index (χ2n) is 7.22. The first-order chi connectivity index (χ1) is 15.2. The molecule has 32 heavy (non-hydrogen) atoms. The molecule has 0 radical (unpaired) electrons. The van der Waals surface area contributed by atoms with Gasteiger partial charge in [-0.1, -0.05) is 24.3 Å². The first-order valence-electron chi connectivity index (χ1n) is 10.9. The highest BCUT2D eigenvalue weighted by Crippen LogP contribution is 2.15. The fourth-order valence-electron chi connectivity index (χ4n) is 3.37. The summed E-state index contributed by atoms with van der Waals surface area (Å²) in [5.74, 6) is 2.67. The molecule has 0 unspecified atom stereocenters. The third kappa shape index (κ3) is 7.67. The van der Waals surface area contributed by atoms with E-state index in [1.54, 1.807) is 7.11 Å². The van der Waals surface area contributed by atoms with E-state index in [0.29, 0.717) is 6.54 Å². The van der Waals surface area contributed by atoms with E-state index in [1.807, 2.05) is 50.2 Å². The third-order valence-electron chi connectivity index (χ3n) is 5.01. The molecule has 0 aliphatic heterocycles. The molecule has 174 valence electrons. The van der Waals surface area contributed by atoms with Crippen molar-refractivity contribution in [1.29, 1.82) is 0 Å². The summed E-state index contributed by atoms with van der Waals surface area (Å²) >= 11 is 0. The number of aliphatic imine (C=N–C) groups is 1. The van der Waals surface area contributed by atoms with Crippen molar-refractivity contribution in [1.82, 2.24) is 20.2 Å². The lowest BCUT2D eigenvalue weighted by Gasteiger charge is -2.14. The number of para-hydroxylation sites is 2. The standard InChI is InChI=1S/C24H33N5O2.HI/c1-4-31-17-7-14-25-24(27-18-20-10-12-21(30-3)13-11-20)26-15-16-29-19(2)28-22-8-5-6-9-23(22)29;/h5-6,8-13H,4,7,14-18H2,1-3H3,(H2,25,26,27);1H. The summed E-state index contributed by atoms with van der Waals surface area (Å²) in [6.07, 6.45) is 0.933. The largest absolute Gasteiger partial charge is 0.497 e. The van der Waals surface area contributed by atoms with Gasteiger partial charge in [-0.05, 0) is 50.1 Å². The predicted octanol–water partition coefficient (Wildman–Crippen LogP) is 4.13. The monoisotopic (exact) mass is 551 g/mol. The second kappa shape index (κ2) is 13.9. The molecule has 3 rings (SSSR count). The van der Waals surface area contributed by atoms with Gasteiger partial charge in [0.05, 0.1) is 24.7 Å². The minimum absolute atomic E-state index is 0. The number of hydrogen-bond acceptors (Lipinski definition) is 4. The van der Waals surface area contributed by atoms with Crippen molar-refractivity contribution < 1.29 is 9.47 Å². The number of ether oxygens (including phenoxy) is 2. The predicted molar refractivity (Wildman–Crippen MR) is 141 cm³/mol. The molecule has 1 aromatic heterocycles. The molecule has 0 atom stereocenters. The van der Waals surface area contributed by atoms with E-state index in [-0.39, 0.29) is 24.0 Å². The average molecular weight is 551 g/mol. The van der Waals surface area contributed by atoms with Crippen LogP contribution in [0.2, 0.25) is 0 Å². The van der Waals surface area contributed by atoms with Crippen molar-refractivity contribution in [2.75, 3.05) is 33.4 Å². The van der Waals surface area contributed by atoms with Crippen LogP contribution in [0.25, 0.3) is 11.0 Å². The Balaban J connectivity index is 0.00000363. The van der Waals surface area contributed by atoms with Gasteiger partial charge < -0.3 is 24.7 Å². The smallest absolute Gasteiger partial charge is 0.191 e. The van der Waals surface area contributed by atoms with Crippen molar-refractivity contribution >= 4 is 41.0 Å². The molecule has 8 heteroatoms. The van der Waals surface area contributed by atoms with Crippen LogP contribution in [0.4, 0.5) is 0 Å². The van der Waals surface area contributed by atoms with Crippen LogP contribution in [0.3, 0.4) is 0 Å². The van der Waals surface area contributed by atoms with Crippen molar-refractivity contribution in [3.8, 4) is 5.75 Å². The van der Waals surface area contributed by atoms with Gasteiger partial charge in [-0.15, -0.1) is 24.0 Å². The Labute approximate surface area is 207 Å². The molecule has 0 aliphatic rings. The number of nitrogens with zero attached hydrogens (tertiary/aromatic N) is 3. The highest BCUT2D eigenvalue weighted by Gasteiger charge is 2.07. The summed E-state index contributed by atoms with van der Waals surface area (Å²) in [6.45, 7) is 8.52. The van der Waals surface area contributed by atoms with Crippen molar-refractivity contribution in [3.63, 3.8) is 0 Å². The number of aromatic nitrogens is 2. The molecular weight excluding hydrogens is 517 g/mol. The Bertz CT molecular complexity index is 972. The number of fused-ring (bicyclic) bond motifs is 1. The van der Waals surface area contributed by atoms with Gasteiger partial charge in [0.1, 0.15) is 11.6 Å². The Morgan fingerprint density at radius 3 is 2.56 bits per heavy atom. The zero-order chi connectivity index (χ0) is 21.9. The van der Waals surface area contributed by atoms with E-state index < -0.39 is 0 Å². The number of hydrogen-bond donors (Lipinski definition) is 2. The van der Waals surface area contributed by atoms with Gasteiger partial charge in [-0.25, -0.2) is 9.98 Å². The highest BCUT2D eigenvalue weighted by atomic mass is 127. The van der Waals surface area contributed by atoms with E-state index in [9.17, 15) is 0 Å². The lowest BCUT2D eigenvalue weighted by molar-refractivity contribution is 0.145. The van der Waals surface area contributed by atoms with Crippen molar-refractivity contribution in [3.05, 3.63) is 59.9 Å². The van der Waals surface area contributed by atoms with E-state index in [1.165, 1.54) is 0 Å². The molecule has 0 saturated carbocycles. The summed E-state index contributed by atoms with van der Waals surface area (Å²) in [7, 11) is 1.67. The average Bonchev–Trinajstić information content (AvgIpc) is 3.12. The van der Waals surface area contributed by atoms with E-state index in [4.69, 9.17) is 14.5 Å². The first kappa shape index (κ1) is 25.9. The summed E-state index contributed by atoms with van der Waals surface area (Å²) in [5, 5.41) is 6.87. The maximum atomic E-state index is 5.43. The SMILES string of the molecule is CCOCCCNC(=NCc1ccc(OC)cc1)NCCn1c(C)nc2ccccc21.I. The summed E-state index contributed by atoms with van der Waals surface area (Å²) in [6, 6.07) is 16.2. The van der Waals surface area contributed by atoms with Crippen LogP contribution in [-0.4, -0.2) is 48.9 Å². The van der Waals surface area contributed by atoms with Gasteiger partial charge in [-0.3, -0.25) is 0 Å². The maximum absolute atomic E-state index is 5.43. The number of halogens is 1. The minimum Gasteiger partial charge on any atom is -0.497 e. The Morgan fingerprint density at radius 1 is 1.06 bits per heavy atom. The summed E-state index contributed by atoms with van der Waals surface area (Å²) in [4.78, 5) is 9.40. The van der Waals surface area contributed by atoms with Crippen LogP contribution in [0.5, 0.6) is 5.75 Å². The first-order valence-corrected chi connectivity index (χ1v) is 10.9. The third-order valence-corrected chi connectivity index (χ3v) is 5.01. The zero-order valence-corrected chi connectivity index (χ0v) is 21.5. The fraction of sp³-hybridized carbons (Fsp3) is 0.417. The van der Waals surface area contributed by atoms with E-state index >= 15 is 0 Å². The second-order valence-corrected chi connectivity index (χ2v) is 7.22. The number of aryl methyl sites for hydroxylation is 1. The molecule has 1 heterocycles. The normalized spacial score (nSPS) is 11.3. The fourth-order valence-corrected chi connectivity index (χ4v) is 3.37. The van der Waals surface area contributed by atoms with E-state index in [2.05, 4.69) is 32.3 Å². The Kier molecular flexibility index (Phi) is 11.3. The van der Waals surface area contributed by atoms with Crippen LogP contribution in [0.15, 0.2) is 53.5 Å². The Morgan fingerprint density at radius 2 is 1.81 bits per heavy atom. The van der Waals surface area contributed by atoms with Crippen molar-refractivity contribution in [2.24, 2.45) is 4.99 Å². The highest BCUT2D eigenvalue weighted by molar-refractivity contribution is 14.0. The summed E-state index contributed by atoms with van der Waals surface area (Å²) in [5.41, 5.74) is 3.32. The number of rotatable bonds is 11. The molecular formula is C24H34IN5O2. The van der Waals surface area contributed by atoms with Gasteiger partial charge >= 0.3 is 0 Å². The topological polar surface area (TPSA) is 72.7 Å². The van der Waals surface area contributed by atoms with Crippen LogP contribution < -0.4 is 15.4 Å². The summed E-state index contributed by atoms with van der Waals surface area (Å²) < 4.78 is 12.9. The van der Waals surface area contributed by atoms with E-state index in [0.717, 1.165) is 73.4 Å². The number of guanidine groups is 1. The quantitative estimate of drug-likeness (QED) is 0.162. The number of imidazole rings is 1. The van der Waals surface area contributed by atoms with Gasteiger partial charge in [0.2, 0.25) is 0 Å². The van der Waals surface area contributed by atoms with Crippen LogP contribution in [-0.2, 0) is 17.8 Å². The number of benzene rings is 2. The molecule has 2 N–H and O–H groups in total. The lowest BCUT2D eigenvalue weighted by Crippen LogP contribution is -2.39. The van der Waals surface area contributed by atoms with Crippen LogP contribution in [0, 0.1) is 6.92 Å². The Hall–Kier alpha value is -2.33. The molecule has 7 nitrogen and oxygen atoms in total. The molecule has 0 saturated heterocycles. The molecule has 0 amide bonds. The molecule has 0 bridgehead atoms. The van der Waals surface area contributed by atoms with Gasteiger partial charge in [-0.2, -0.15) is 0 Å². The number of methoxy groups -OCH3 is 1. The minimum atomic E-state index is 0. The van der Waals surface area contributed by atoms with Crippen molar-refractivity contribution in [2.45, 2.75) is 33.4 Å². The van der Waals surface area contributed by atoms with Crippen LogP contribution in [0.1, 0.15) is 24.7 Å². The molecule has 0 aliphatic carbocycles. The number of nitrogens with one attached hydrogen (secondary N) is 2. The van der Waals surface area contributed by atoms with Gasteiger partial charge in [0.25, 0.3) is 0 Å². The zero-order valence-electron chi connectivity index (χ0n) is 19.1. The molecule has 2 aromatic carbocycles. The molecule has 0 fully saturated rings. The molecule has 3 aromatic rings. The van der Waals surface area contributed by atoms with Crippen LogP contribution >= 0.6 is 24.0 Å². The molecule has 0 spiro atoms. The van der Waals surface area contributed by atoms with Gasteiger partial charge in [0, 0.05) is 32.8 Å². The van der Waals surface area contributed by atoms with Gasteiger partial charge in [0.15, 0.2) is 5.96 Å².